The molecule has 1 aliphatic heterocycles. The highest BCUT2D eigenvalue weighted by Gasteiger charge is 2.38. The minimum Gasteiger partial charge on any atom is -0.289 e. The number of hydrogen-bond acceptors (Lipinski definition) is 4. The van der Waals surface area contributed by atoms with Gasteiger partial charge in [0, 0.05) is 20.8 Å². The third kappa shape index (κ3) is 3.68. The summed E-state index contributed by atoms with van der Waals surface area (Å²) in [6, 6.07) is 17.6. The highest BCUT2D eigenvalue weighted by Crippen LogP contribution is 2.38. The quantitative estimate of drug-likeness (QED) is 0.287. The summed E-state index contributed by atoms with van der Waals surface area (Å²) < 4.78 is 0.780. The van der Waals surface area contributed by atoms with Crippen molar-refractivity contribution in [3.63, 3.8) is 0 Å². The molecule has 34 heavy (non-hydrogen) atoms. The number of carbonyl (C=O) groups is 3. The van der Waals surface area contributed by atoms with Crippen molar-refractivity contribution < 1.29 is 14.4 Å². The van der Waals surface area contributed by atoms with Gasteiger partial charge in [0.2, 0.25) is 0 Å². The highest BCUT2D eigenvalue weighted by atomic mass is 35.5. The maximum absolute atomic E-state index is 13.9. The Kier molecular flexibility index (Phi) is 5.68. The van der Waals surface area contributed by atoms with Crippen molar-refractivity contribution in [1.82, 2.24) is 4.90 Å². The van der Waals surface area contributed by atoms with Crippen molar-refractivity contribution in [2.75, 3.05) is 11.6 Å². The lowest BCUT2D eigenvalue weighted by Gasteiger charge is -2.28. The molecule has 0 spiro atoms. The maximum atomic E-state index is 13.9. The zero-order chi connectivity index (χ0) is 24.1. The van der Waals surface area contributed by atoms with Crippen LogP contribution < -0.4 is 4.90 Å². The second kappa shape index (κ2) is 8.55. The van der Waals surface area contributed by atoms with E-state index in [2.05, 4.69) is 0 Å². The fourth-order valence-corrected chi connectivity index (χ4v) is 5.90. The third-order valence-electron chi connectivity index (χ3n) is 5.84. The van der Waals surface area contributed by atoms with E-state index in [0.29, 0.717) is 31.7 Å². The van der Waals surface area contributed by atoms with Gasteiger partial charge in [0.25, 0.3) is 17.7 Å². The molecule has 1 aromatic heterocycles. The first kappa shape index (κ1) is 22.6. The third-order valence-corrected chi connectivity index (χ3v) is 7.72. The molecule has 0 atom stereocenters. The lowest BCUT2D eigenvalue weighted by Crippen LogP contribution is -2.44. The zero-order valence-electron chi connectivity index (χ0n) is 18.3. The molecule has 5 rings (SSSR count). The van der Waals surface area contributed by atoms with Gasteiger partial charge in [0.1, 0.15) is 11.5 Å². The molecule has 0 saturated heterocycles. The van der Waals surface area contributed by atoms with Gasteiger partial charge in [0.05, 0.1) is 16.1 Å². The van der Waals surface area contributed by atoms with Crippen LogP contribution >= 0.6 is 34.5 Å². The van der Waals surface area contributed by atoms with Gasteiger partial charge in [-0.1, -0.05) is 59.1 Å². The first-order chi connectivity index (χ1) is 16.3. The number of rotatable bonds is 4. The number of fused-ring (bicyclic) bond motifs is 2. The Hall–Kier alpha value is -3.19. The first-order valence-corrected chi connectivity index (χ1v) is 12.1. The Labute approximate surface area is 210 Å². The Bertz CT molecular complexity index is 1480. The van der Waals surface area contributed by atoms with Gasteiger partial charge in [-0.05, 0) is 49.7 Å². The lowest BCUT2D eigenvalue weighted by molar-refractivity contribution is 0.0650. The van der Waals surface area contributed by atoms with Gasteiger partial charge < -0.3 is 0 Å². The van der Waals surface area contributed by atoms with Crippen LogP contribution in [-0.2, 0) is 0 Å². The molecule has 0 aliphatic carbocycles. The van der Waals surface area contributed by atoms with Gasteiger partial charge in [-0.3, -0.25) is 24.2 Å². The van der Waals surface area contributed by atoms with E-state index in [1.165, 1.54) is 16.2 Å². The topological polar surface area (TPSA) is 57.7 Å². The van der Waals surface area contributed by atoms with Crippen LogP contribution in [0.1, 0.15) is 41.5 Å². The standard InChI is InChI=1S/C26H18Cl2N2O3S/c1-14-7-10-20(15(2)11-14)29(13-30-24(31)17-5-3-4-6-18(17)25(30)32)26(33)23-22(28)19-9-8-16(27)12-21(19)34-23/h3-12H,13H2,1-2H3. The van der Waals surface area contributed by atoms with Crippen LogP contribution in [-0.4, -0.2) is 29.3 Å². The fourth-order valence-electron chi connectivity index (χ4n) is 4.17. The van der Waals surface area contributed by atoms with Crippen molar-refractivity contribution in [2.24, 2.45) is 0 Å². The molecule has 8 heteroatoms. The molecular weight excluding hydrogens is 491 g/mol. The largest absolute Gasteiger partial charge is 0.289 e. The Morgan fingerprint density at radius 1 is 0.941 bits per heavy atom. The van der Waals surface area contributed by atoms with Crippen molar-refractivity contribution in [1.29, 1.82) is 0 Å². The van der Waals surface area contributed by atoms with Crippen LogP contribution in [0.3, 0.4) is 0 Å². The number of benzene rings is 3. The molecule has 170 valence electrons. The van der Waals surface area contributed by atoms with E-state index in [1.54, 1.807) is 42.5 Å². The predicted octanol–water partition coefficient (Wildman–Crippen LogP) is 6.73. The number of amides is 3. The van der Waals surface area contributed by atoms with Gasteiger partial charge in [-0.25, -0.2) is 0 Å². The van der Waals surface area contributed by atoms with Gasteiger partial charge in [-0.2, -0.15) is 0 Å². The van der Waals surface area contributed by atoms with Crippen molar-refractivity contribution in [3.05, 3.63) is 97.8 Å². The lowest BCUT2D eigenvalue weighted by atomic mass is 10.1. The van der Waals surface area contributed by atoms with Crippen molar-refractivity contribution in [2.45, 2.75) is 13.8 Å². The summed E-state index contributed by atoms with van der Waals surface area (Å²) in [4.78, 5) is 42.8. The molecule has 0 bridgehead atoms. The average molecular weight is 509 g/mol. The number of carbonyl (C=O) groups excluding carboxylic acids is 3. The molecule has 0 radical (unpaired) electrons. The number of hydrogen-bond donors (Lipinski definition) is 0. The molecule has 2 heterocycles. The second-order valence-electron chi connectivity index (χ2n) is 8.13. The summed E-state index contributed by atoms with van der Waals surface area (Å²) in [5.41, 5.74) is 3.12. The van der Waals surface area contributed by atoms with Crippen LogP contribution in [0.5, 0.6) is 0 Å². The Morgan fingerprint density at radius 3 is 2.26 bits per heavy atom. The van der Waals surface area contributed by atoms with Crippen molar-refractivity contribution in [3.8, 4) is 0 Å². The van der Waals surface area contributed by atoms with E-state index in [4.69, 9.17) is 23.2 Å². The second-order valence-corrected chi connectivity index (χ2v) is 10.0. The van der Waals surface area contributed by atoms with Gasteiger partial charge in [-0.15, -0.1) is 11.3 Å². The molecular formula is C26H18Cl2N2O3S. The number of halogens is 2. The van der Waals surface area contributed by atoms with E-state index in [-0.39, 0.29) is 6.67 Å². The molecule has 5 nitrogen and oxygen atoms in total. The number of anilines is 1. The van der Waals surface area contributed by atoms with Crippen LogP contribution in [0.15, 0.2) is 60.7 Å². The van der Waals surface area contributed by atoms with E-state index in [0.717, 1.165) is 26.1 Å². The summed E-state index contributed by atoms with van der Waals surface area (Å²) in [5.74, 6) is -1.26. The predicted molar refractivity (Wildman–Crippen MR) is 136 cm³/mol. The van der Waals surface area contributed by atoms with E-state index in [1.807, 2.05) is 32.0 Å². The molecule has 0 N–H and O–H groups in total. The fraction of sp³-hybridized carbons (Fsp3) is 0.115. The number of aryl methyl sites for hydroxylation is 2. The van der Waals surface area contributed by atoms with Crippen LogP contribution in [0.4, 0.5) is 5.69 Å². The summed E-state index contributed by atoms with van der Waals surface area (Å²) in [6.07, 6.45) is 0. The molecule has 1 aliphatic rings. The zero-order valence-corrected chi connectivity index (χ0v) is 20.6. The maximum Gasteiger partial charge on any atom is 0.271 e. The number of thiophene rings is 1. The minimum atomic E-state index is -0.433. The van der Waals surface area contributed by atoms with E-state index in [9.17, 15) is 14.4 Å². The smallest absolute Gasteiger partial charge is 0.271 e. The summed E-state index contributed by atoms with van der Waals surface area (Å²) >= 11 is 14.0. The van der Waals surface area contributed by atoms with Crippen LogP contribution in [0.2, 0.25) is 10.0 Å². The Morgan fingerprint density at radius 2 is 1.62 bits per heavy atom. The summed E-state index contributed by atoms with van der Waals surface area (Å²) in [5, 5.41) is 1.58. The molecule has 3 aromatic carbocycles. The molecule has 0 saturated carbocycles. The first-order valence-electron chi connectivity index (χ1n) is 10.5. The summed E-state index contributed by atoms with van der Waals surface area (Å²) in [7, 11) is 0. The Balaban J connectivity index is 1.60. The van der Waals surface area contributed by atoms with Crippen LogP contribution in [0.25, 0.3) is 10.1 Å². The molecule has 4 aromatic rings. The molecule has 3 amide bonds. The van der Waals surface area contributed by atoms with Crippen molar-refractivity contribution >= 4 is 68.0 Å². The minimum absolute atomic E-state index is 0.236. The molecule has 0 unspecified atom stereocenters. The SMILES string of the molecule is Cc1ccc(N(CN2C(=O)c3ccccc3C2=O)C(=O)c2sc3cc(Cl)ccc3c2Cl)c(C)c1. The average Bonchev–Trinajstić information content (AvgIpc) is 3.26. The monoisotopic (exact) mass is 508 g/mol. The van der Waals surface area contributed by atoms with E-state index < -0.39 is 17.7 Å². The normalized spacial score (nSPS) is 13.0. The van der Waals surface area contributed by atoms with Crippen LogP contribution in [0, 0.1) is 13.8 Å². The van der Waals surface area contributed by atoms with Gasteiger partial charge >= 0.3 is 0 Å². The number of nitrogens with zero attached hydrogens (tertiary/aromatic N) is 2. The number of imide groups is 1. The van der Waals surface area contributed by atoms with Gasteiger partial charge in [0.15, 0.2) is 0 Å². The van der Waals surface area contributed by atoms with E-state index >= 15 is 0 Å². The highest BCUT2D eigenvalue weighted by molar-refractivity contribution is 7.21. The molecule has 0 fully saturated rings. The summed E-state index contributed by atoms with van der Waals surface area (Å²) in [6.45, 7) is 3.61.